The third-order valence-electron chi connectivity index (χ3n) is 6.76. The minimum atomic E-state index is -3.86. The first-order valence-electron chi connectivity index (χ1n) is 13.7. The Labute approximate surface area is 259 Å². The van der Waals surface area contributed by atoms with Crippen LogP contribution in [0.5, 0.6) is 0 Å². The summed E-state index contributed by atoms with van der Waals surface area (Å²) in [5, 5.41) is 3.69. The molecule has 0 heterocycles. The summed E-state index contributed by atoms with van der Waals surface area (Å²) in [5.74, 6) is -0.904. The molecule has 3 aromatic carbocycles. The number of nitrogens with zero attached hydrogens (tertiary/aromatic N) is 2. The molecule has 226 valence electrons. The number of carbonyl (C=O) groups excluding carboxylic acids is 2. The van der Waals surface area contributed by atoms with Crippen LogP contribution >= 0.6 is 23.2 Å². The van der Waals surface area contributed by atoms with E-state index in [1.165, 1.54) is 4.90 Å². The van der Waals surface area contributed by atoms with Crippen molar-refractivity contribution in [3.05, 3.63) is 99.5 Å². The highest BCUT2D eigenvalue weighted by Gasteiger charge is 2.33. The first-order chi connectivity index (χ1) is 19.6. The standard InChI is InChI=1S/C32H39Cl2N3O4S/c1-22(2)35-31(39)29(18-23-10-8-7-9-11-23)36(20-24-12-15-26(33)19-28(24)34)30(38)21-37(42(6,40)41)27-16-13-25(14-17-27)32(3,4)5/h7-17,19,22,29H,18,20-21H2,1-6H3,(H,35,39). The van der Waals surface area contributed by atoms with E-state index in [0.29, 0.717) is 21.3 Å². The molecule has 3 aromatic rings. The van der Waals surface area contributed by atoms with Crippen LogP contribution in [0.4, 0.5) is 5.69 Å². The van der Waals surface area contributed by atoms with Gasteiger partial charge in [-0.3, -0.25) is 13.9 Å². The van der Waals surface area contributed by atoms with Crippen molar-refractivity contribution < 1.29 is 18.0 Å². The SMILES string of the molecule is CC(C)NC(=O)C(Cc1ccccc1)N(Cc1ccc(Cl)cc1Cl)C(=O)CN(c1ccc(C(C)(C)C)cc1)S(C)(=O)=O. The number of amides is 2. The molecule has 0 spiro atoms. The molecule has 42 heavy (non-hydrogen) atoms. The highest BCUT2D eigenvalue weighted by atomic mass is 35.5. The third kappa shape index (κ3) is 9.21. The Kier molecular flexibility index (Phi) is 11.1. The maximum atomic E-state index is 14.2. The molecule has 2 amide bonds. The summed E-state index contributed by atoms with van der Waals surface area (Å²) in [5.41, 5.74) is 2.67. The van der Waals surface area contributed by atoms with Gasteiger partial charge in [-0.2, -0.15) is 0 Å². The van der Waals surface area contributed by atoms with E-state index in [0.717, 1.165) is 21.7 Å². The summed E-state index contributed by atoms with van der Waals surface area (Å²) >= 11 is 12.6. The lowest BCUT2D eigenvalue weighted by Crippen LogP contribution is -2.54. The normalized spacial score (nSPS) is 12.6. The van der Waals surface area contributed by atoms with E-state index in [2.05, 4.69) is 26.1 Å². The number of rotatable bonds is 11. The molecule has 0 aliphatic heterocycles. The van der Waals surface area contributed by atoms with Crippen molar-refractivity contribution >= 4 is 50.7 Å². The van der Waals surface area contributed by atoms with Crippen LogP contribution in [-0.4, -0.2) is 50.0 Å². The van der Waals surface area contributed by atoms with Crippen molar-refractivity contribution in [3.8, 4) is 0 Å². The molecule has 3 rings (SSSR count). The lowest BCUT2D eigenvalue weighted by atomic mass is 9.87. The third-order valence-corrected chi connectivity index (χ3v) is 8.49. The molecule has 0 bridgehead atoms. The molecule has 0 radical (unpaired) electrons. The van der Waals surface area contributed by atoms with E-state index in [9.17, 15) is 18.0 Å². The van der Waals surface area contributed by atoms with Gasteiger partial charge in [-0.1, -0.05) is 92.5 Å². The molecule has 0 saturated heterocycles. The lowest BCUT2D eigenvalue weighted by Gasteiger charge is -2.34. The average Bonchev–Trinajstić information content (AvgIpc) is 2.89. The van der Waals surface area contributed by atoms with Crippen molar-refractivity contribution in [2.45, 2.75) is 65.1 Å². The maximum Gasteiger partial charge on any atom is 0.244 e. The van der Waals surface area contributed by atoms with Crippen LogP contribution in [-0.2, 0) is 38.0 Å². The summed E-state index contributed by atoms with van der Waals surface area (Å²) in [6.45, 7) is 9.34. The predicted octanol–water partition coefficient (Wildman–Crippen LogP) is 6.22. The van der Waals surface area contributed by atoms with Crippen molar-refractivity contribution in [3.63, 3.8) is 0 Å². The van der Waals surface area contributed by atoms with Crippen LogP contribution in [0.15, 0.2) is 72.8 Å². The fourth-order valence-corrected chi connectivity index (χ4v) is 5.83. The van der Waals surface area contributed by atoms with Gasteiger partial charge in [0.25, 0.3) is 0 Å². The van der Waals surface area contributed by atoms with Crippen molar-refractivity contribution in [2.24, 2.45) is 0 Å². The van der Waals surface area contributed by atoms with Crippen molar-refractivity contribution in [1.29, 1.82) is 0 Å². The van der Waals surface area contributed by atoms with Gasteiger partial charge in [-0.25, -0.2) is 8.42 Å². The Hall–Kier alpha value is -3.07. The molecule has 1 N–H and O–H groups in total. The second-order valence-electron chi connectivity index (χ2n) is 11.7. The molecule has 10 heteroatoms. The summed E-state index contributed by atoms with van der Waals surface area (Å²) in [6.07, 6.45) is 1.28. The van der Waals surface area contributed by atoms with Crippen molar-refractivity contribution in [1.82, 2.24) is 10.2 Å². The molecule has 1 unspecified atom stereocenters. The highest BCUT2D eigenvalue weighted by Crippen LogP contribution is 2.27. The first kappa shape index (κ1) is 33.4. The summed E-state index contributed by atoms with van der Waals surface area (Å²) in [4.78, 5) is 29.2. The number of benzene rings is 3. The summed E-state index contributed by atoms with van der Waals surface area (Å²) in [6, 6.07) is 20.3. The van der Waals surface area contributed by atoms with Crippen LogP contribution in [0.1, 0.15) is 51.3 Å². The second kappa shape index (κ2) is 13.9. The number of hydrogen-bond donors (Lipinski definition) is 1. The average molecular weight is 633 g/mol. The fourth-order valence-electron chi connectivity index (χ4n) is 4.51. The van der Waals surface area contributed by atoms with Crippen LogP contribution in [0.3, 0.4) is 0 Å². The van der Waals surface area contributed by atoms with Gasteiger partial charge in [0.05, 0.1) is 11.9 Å². The van der Waals surface area contributed by atoms with Gasteiger partial charge in [-0.05, 0) is 60.2 Å². The van der Waals surface area contributed by atoms with E-state index >= 15 is 0 Å². The Bertz CT molecular complexity index is 1490. The molecular weight excluding hydrogens is 593 g/mol. The van der Waals surface area contributed by atoms with E-state index < -0.39 is 28.5 Å². The molecule has 0 saturated carbocycles. The van der Waals surface area contributed by atoms with Crippen LogP contribution < -0.4 is 9.62 Å². The number of hydrogen-bond acceptors (Lipinski definition) is 4. The Balaban J connectivity index is 2.08. The number of carbonyl (C=O) groups is 2. The Morgan fingerprint density at radius 3 is 2.07 bits per heavy atom. The Morgan fingerprint density at radius 2 is 1.55 bits per heavy atom. The number of nitrogens with one attached hydrogen (secondary N) is 1. The van der Waals surface area contributed by atoms with Gasteiger partial charge < -0.3 is 10.2 Å². The van der Waals surface area contributed by atoms with Crippen LogP contribution in [0.25, 0.3) is 0 Å². The molecule has 0 aliphatic rings. The maximum absolute atomic E-state index is 14.2. The van der Waals surface area contributed by atoms with Crippen LogP contribution in [0.2, 0.25) is 10.0 Å². The topological polar surface area (TPSA) is 86.8 Å². The molecule has 1 atom stereocenters. The zero-order valence-electron chi connectivity index (χ0n) is 24.9. The zero-order chi connectivity index (χ0) is 31.2. The fraction of sp³-hybridized carbons (Fsp3) is 0.375. The molecule has 7 nitrogen and oxygen atoms in total. The number of halogens is 2. The van der Waals surface area contributed by atoms with E-state index in [4.69, 9.17) is 23.2 Å². The number of sulfonamides is 1. The molecule has 0 fully saturated rings. The molecule has 0 aromatic heterocycles. The van der Waals surface area contributed by atoms with Crippen LogP contribution in [0, 0.1) is 0 Å². The smallest absolute Gasteiger partial charge is 0.244 e. The minimum Gasteiger partial charge on any atom is -0.352 e. The first-order valence-corrected chi connectivity index (χ1v) is 16.3. The van der Waals surface area contributed by atoms with Gasteiger partial charge in [0.2, 0.25) is 21.8 Å². The monoisotopic (exact) mass is 631 g/mol. The van der Waals surface area contributed by atoms with Gasteiger partial charge in [0.15, 0.2) is 0 Å². The second-order valence-corrected chi connectivity index (χ2v) is 14.4. The predicted molar refractivity (Wildman–Crippen MR) is 172 cm³/mol. The summed E-state index contributed by atoms with van der Waals surface area (Å²) in [7, 11) is -3.86. The van der Waals surface area contributed by atoms with E-state index in [-0.39, 0.29) is 30.3 Å². The van der Waals surface area contributed by atoms with Gasteiger partial charge >= 0.3 is 0 Å². The summed E-state index contributed by atoms with van der Waals surface area (Å²) < 4.78 is 27.1. The number of anilines is 1. The molecular formula is C32H39Cl2N3O4S. The highest BCUT2D eigenvalue weighted by molar-refractivity contribution is 7.92. The van der Waals surface area contributed by atoms with Gasteiger partial charge in [0, 0.05) is 29.1 Å². The van der Waals surface area contributed by atoms with Crippen molar-refractivity contribution in [2.75, 3.05) is 17.1 Å². The zero-order valence-corrected chi connectivity index (χ0v) is 27.2. The molecule has 0 aliphatic carbocycles. The quantitative estimate of drug-likeness (QED) is 0.272. The largest absolute Gasteiger partial charge is 0.352 e. The van der Waals surface area contributed by atoms with Gasteiger partial charge in [0.1, 0.15) is 12.6 Å². The lowest BCUT2D eigenvalue weighted by molar-refractivity contribution is -0.140. The minimum absolute atomic E-state index is 0.0294. The van der Waals surface area contributed by atoms with E-state index in [1.54, 1.807) is 30.3 Å². The van der Waals surface area contributed by atoms with Gasteiger partial charge in [-0.15, -0.1) is 0 Å². The Morgan fingerprint density at radius 1 is 0.929 bits per heavy atom. The van der Waals surface area contributed by atoms with E-state index in [1.807, 2.05) is 56.3 Å².